The molecule has 0 unspecified atom stereocenters. The average Bonchev–Trinajstić information content (AvgIpc) is 3.08. The van der Waals surface area contributed by atoms with E-state index >= 15 is 0 Å². The minimum Gasteiger partial charge on any atom is -0.324 e. The largest absolute Gasteiger partial charge is 0.324 e. The first-order valence-electron chi connectivity index (χ1n) is 6.87. The molecule has 1 aliphatic rings. The van der Waals surface area contributed by atoms with Crippen LogP contribution in [0.5, 0.6) is 0 Å². The van der Waals surface area contributed by atoms with Crippen molar-refractivity contribution in [2.75, 3.05) is 5.32 Å². The van der Waals surface area contributed by atoms with E-state index in [0.717, 1.165) is 12.1 Å². The molecular formula is C14H21ClFN3O3S. The molecule has 0 bridgehead atoms. The molecule has 23 heavy (non-hydrogen) atoms. The van der Waals surface area contributed by atoms with Crippen molar-refractivity contribution in [1.29, 1.82) is 0 Å². The van der Waals surface area contributed by atoms with Crippen molar-refractivity contribution in [3.8, 4) is 0 Å². The number of hydrogen-bond donors (Lipinski definition) is 3. The van der Waals surface area contributed by atoms with E-state index in [-0.39, 0.29) is 18.1 Å². The number of carbonyl (C=O) groups is 1. The smallest absolute Gasteiger partial charge is 0.244 e. The SMILES string of the molecule is CC(C)(C)NS(=O)(=O)c1cc(NC(=O)C2(N)CC2)ccc1F.Cl. The van der Waals surface area contributed by atoms with Gasteiger partial charge in [0.1, 0.15) is 10.7 Å². The van der Waals surface area contributed by atoms with Gasteiger partial charge in [0.25, 0.3) is 0 Å². The molecule has 0 heterocycles. The van der Waals surface area contributed by atoms with Gasteiger partial charge in [-0.15, -0.1) is 12.4 Å². The molecule has 1 amide bonds. The number of carbonyl (C=O) groups excluding carboxylic acids is 1. The van der Waals surface area contributed by atoms with Crippen molar-refractivity contribution < 1.29 is 17.6 Å². The van der Waals surface area contributed by atoms with Crippen molar-refractivity contribution in [2.45, 2.75) is 49.6 Å². The number of amides is 1. The summed E-state index contributed by atoms with van der Waals surface area (Å²) in [5, 5.41) is 2.52. The first-order chi connectivity index (χ1) is 9.93. The summed E-state index contributed by atoms with van der Waals surface area (Å²) in [6.07, 6.45) is 1.16. The van der Waals surface area contributed by atoms with Gasteiger partial charge in [-0.2, -0.15) is 0 Å². The Balaban J connectivity index is 0.00000264. The molecule has 6 nitrogen and oxygen atoms in total. The van der Waals surface area contributed by atoms with Crippen molar-refractivity contribution >= 4 is 34.0 Å². The van der Waals surface area contributed by atoms with Gasteiger partial charge in [0.2, 0.25) is 15.9 Å². The summed E-state index contributed by atoms with van der Waals surface area (Å²) >= 11 is 0. The highest BCUT2D eigenvalue weighted by Crippen LogP contribution is 2.33. The van der Waals surface area contributed by atoms with Crippen LogP contribution in [-0.2, 0) is 14.8 Å². The Bertz CT molecular complexity index is 712. The fourth-order valence-corrected chi connectivity index (χ4v) is 3.39. The van der Waals surface area contributed by atoms with Gasteiger partial charge < -0.3 is 11.1 Å². The fraction of sp³-hybridized carbons (Fsp3) is 0.500. The second kappa shape index (κ2) is 6.35. The molecule has 9 heteroatoms. The normalized spacial score (nSPS) is 16.4. The summed E-state index contributed by atoms with van der Waals surface area (Å²) < 4.78 is 40.7. The van der Waals surface area contributed by atoms with E-state index in [1.54, 1.807) is 20.8 Å². The maximum Gasteiger partial charge on any atom is 0.244 e. The van der Waals surface area contributed by atoms with E-state index in [4.69, 9.17) is 5.73 Å². The Morgan fingerprint density at radius 2 is 1.87 bits per heavy atom. The summed E-state index contributed by atoms with van der Waals surface area (Å²) in [6, 6.07) is 3.39. The van der Waals surface area contributed by atoms with E-state index in [0.29, 0.717) is 12.8 Å². The molecule has 1 saturated carbocycles. The average molecular weight is 366 g/mol. The van der Waals surface area contributed by atoms with E-state index in [2.05, 4.69) is 10.0 Å². The fourth-order valence-electron chi connectivity index (χ4n) is 1.86. The summed E-state index contributed by atoms with van der Waals surface area (Å²) in [5.41, 5.74) is 4.31. The predicted octanol–water partition coefficient (Wildman–Crippen LogP) is 1.75. The van der Waals surface area contributed by atoms with Gasteiger partial charge in [-0.25, -0.2) is 17.5 Å². The number of halogens is 2. The van der Waals surface area contributed by atoms with E-state index < -0.39 is 37.7 Å². The molecule has 1 aromatic carbocycles. The summed E-state index contributed by atoms with van der Waals surface area (Å²) in [7, 11) is -4.03. The second-order valence-electron chi connectivity index (χ2n) is 6.61. The predicted molar refractivity (Wildman–Crippen MR) is 88.5 cm³/mol. The Morgan fingerprint density at radius 1 is 1.30 bits per heavy atom. The van der Waals surface area contributed by atoms with Gasteiger partial charge in [-0.1, -0.05) is 0 Å². The summed E-state index contributed by atoms with van der Waals surface area (Å²) in [4.78, 5) is 11.4. The molecule has 130 valence electrons. The number of hydrogen-bond acceptors (Lipinski definition) is 4. The Hall–Kier alpha value is -1.22. The molecule has 1 fully saturated rings. The molecule has 4 N–H and O–H groups in total. The highest BCUT2D eigenvalue weighted by Gasteiger charge is 2.46. The minimum absolute atomic E-state index is 0. The molecule has 1 aromatic rings. The van der Waals surface area contributed by atoms with Crippen LogP contribution in [0, 0.1) is 5.82 Å². The molecular weight excluding hydrogens is 345 g/mol. The van der Waals surface area contributed by atoms with Crippen LogP contribution >= 0.6 is 12.4 Å². The quantitative estimate of drug-likeness (QED) is 0.756. The van der Waals surface area contributed by atoms with Crippen LogP contribution in [-0.4, -0.2) is 25.4 Å². The molecule has 0 saturated heterocycles. The van der Waals surface area contributed by atoms with Crippen molar-refractivity contribution in [2.24, 2.45) is 5.73 Å². The van der Waals surface area contributed by atoms with E-state index in [1.165, 1.54) is 6.07 Å². The molecule has 0 spiro atoms. The third-order valence-corrected chi connectivity index (χ3v) is 4.93. The Kier molecular flexibility index (Phi) is 5.47. The van der Waals surface area contributed by atoms with Gasteiger partial charge in [0, 0.05) is 11.2 Å². The van der Waals surface area contributed by atoms with Crippen LogP contribution < -0.4 is 15.8 Å². The Morgan fingerprint density at radius 3 is 2.35 bits per heavy atom. The molecule has 0 radical (unpaired) electrons. The van der Waals surface area contributed by atoms with Crippen molar-refractivity contribution in [3.63, 3.8) is 0 Å². The third kappa shape index (κ3) is 4.87. The van der Waals surface area contributed by atoms with Crippen molar-refractivity contribution in [1.82, 2.24) is 4.72 Å². The number of rotatable bonds is 4. The Labute approximate surface area is 141 Å². The van der Waals surface area contributed by atoms with E-state index in [1.807, 2.05) is 0 Å². The standard InChI is InChI=1S/C14H20FN3O3S.ClH/c1-13(2,3)18-22(20,21)11-8-9(4-5-10(11)15)17-12(19)14(16)6-7-14;/h4-5,8,18H,6-7,16H2,1-3H3,(H,17,19);1H. The van der Waals surface area contributed by atoms with Gasteiger partial charge in [-0.3, -0.25) is 4.79 Å². The van der Waals surface area contributed by atoms with Gasteiger partial charge >= 0.3 is 0 Å². The van der Waals surface area contributed by atoms with Gasteiger partial charge in [0.05, 0.1) is 5.54 Å². The number of anilines is 1. The molecule has 0 aromatic heterocycles. The van der Waals surface area contributed by atoms with Crippen LogP contribution in [0.25, 0.3) is 0 Å². The molecule has 1 aliphatic carbocycles. The highest BCUT2D eigenvalue weighted by molar-refractivity contribution is 7.89. The zero-order valence-corrected chi connectivity index (χ0v) is 14.8. The van der Waals surface area contributed by atoms with Crippen LogP contribution in [0.15, 0.2) is 23.1 Å². The highest BCUT2D eigenvalue weighted by atomic mass is 35.5. The summed E-state index contributed by atoms with van der Waals surface area (Å²) in [5.74, 6) is -1.28. The van der Waals surface area contributed by atoms with E-state index in [9.17, 15) is 17.6 Å². The van der Waals surface area contributed by atoms with Gasteiger partial charge in [-0.05, 0) is 51.8 Å². The van der Waals surface area contributed by atoms with Crippen LogP contribution in [0.4, 0.5) is 10.1 Å². The van der Waals surface area contributed by atoms with Crippen molar-refractivity contribution in [3.05, 3.63) is 24.0 Å². The lowest BCUT2D eigenvalue weighted by Crippen LogP contribution is -2.41. The molecule has 0 aliphatic heterocycles. The lowest BCUT2D eigenvalue weighted by Gasteiger charge is -2.21. The topological polar surface area (TPSA) is 101 Å². The van der Waals surface area contributed by atoms with Crippen LogP contribution in [0.2, 0.25) is 0 Å². The zero-order chi connectivity index (χ0) is 16.8. The van der Waals surface area contributed by atoms with Crippen LogP contribution in [0.3, 0.4) is 0 Å². The lowest BCUT2D eigenvalue weighted by molar-refractivity contribution is -0.118. The molecule has 2 rings (SSSR count). The maximum absolute atomic E-state index is 13.9. The monoisotopic (exact) mass is 365 g/mol. The second-order valence-corrected chi connectivity index (χ2v) is 8.26. The van der Waals surface area contributed by atoms with Gasteiger partial charge in [0.15, 0.2) is 0 Å². The number of nitrogens with one attached hydrogen (secondary N) is 2. The van der Waals surface area contributed by atoms with Crippen LogP contribution in [0.1, 0.15) is 33.6 Å². The maximum atomic E-state index is 13.9. The molecule has 0 atom stereocenters. The number of sulfonamides is 1. The summed E-state index contributed by atoms with van der Waals surface area (Å²) in [6.45, 7) is 4.96. The number of benzene rings is 1. The third-order valence-electron chi connectivity index (χ3n) is 3.16. The minimum atomic E-state index is -4.03. The lowest BCUT2D eigenvalue weighted by atomic mass is 10.1. The zero-order valence-electron chi connectivity index (χ0n) is 13.1. The first-order valence-corrected chi connectivity index (χ1v) is 8.35. The first kappa shape index (κ1) is 19.8. The number of nitrogens with two attached hydrogens (primary N) is 1.